The van der Waals surface area contributed by atoms with Crippen LogP contribution in [0.4, 0.5) is 0 Å². The van der Waals surface area contributed by atoms with Crippen molar-refractivity contribution >= 4 is 17.7 Å². The Morgan fingerprint density at radius 3 is 1.18 bits per heavy atom. The summed E-state index contributed by atoms with van der Waals surface area (Å²) in [5.41, 5.74) is 0. The summed E-state index contributed by atoms with van der Waals surface area (Å²) in [6.45, 7) is -0.170. The van der Waals surface area contributed by atoms with E-state index in [9.17, 15) is 106 Å². The third-order valence-electron chi connectivity index (χ3n) is 21.2. The average Bonchev–Trinajstić information content (AvgIpc) is 0.765. The Hall–Kier alpha value is -3.05. The van der Waals surface area contributed by atoms with Gasteiger partial charge >= 0.3 is 0 Å². The highest BCUT2D eigenvalue weighted by Gasteiger charge is 2.59. The number of aliphatic hydroxyl groups is 18. The fraction of sp³-hybridized carbons (Fsp3) is 0.932. The Morgan fingerprint density at radius 2 is 0.700 bits per heavy atom. The maximum atomic E-state index is 13.6. The second kappa shape index (κ2) is 50.5. The van der Waals surface area contributed by atoms with E-state index in [0.29, 0.717) is 12.8 Å². The first-order valence-electron chi connectivity index (χ1n) is 40.0. The number of amides is 3. The van der Waals surface area contributed by atoms with Crippen molar-refractivity contribution in [3.63, 3.8) is 0 Å². The lowest BCUT2D eigenvalue weighted by atomic mass is 9.93. The molecule has 642 valence electrons. The van der Waals surface area contributed by atoms with Crippen molar-refractivity contribution in [1.82, 2.24) is 16.0 Å². The minimum absolute atomic E-state index is 0.150. The quantitative estimate of drug-likeness (QED) is 0.0211. The minimum atomic E-state index is -2.35. The van der Waals surface area contributed by atoms with Crippen LogP contribution in [0, 0.1) is 0 Å². The van der Waals surface area contributed by atoms with Gasteiger partial charge in [-0.2, -0.15) is 0 Å². The SMILES string of the molecule is CCCCCCCCCCCCC/C=C/[C@@H](O)[C@H](CO[C@@H]1OC(CO)[C@@H](O[C@@H]2OC(CO)[C@H](O[C@@H]3OC(CO)[C@H](O)[C@H](O)C3NC(C)=O)[C@H](O[C@@H]3OC(CO)[C@@H](O[C@@H]4OC(CO)[C@H](O)[C@H](O[C@@H]5OC(CO)[C@H](O)[C@H](O)C5O)C4O)[C@H](O)C3NC(C)=O)C2O)[C@H](O)C1O)NC(=O)CCCCCCCCCCCCCCC. The second-order valence-corrected chi connectivity index (χ2v) is 29.9. The standard InChI is InChI=1S/C74H133N3O33/c1-5-7-9-11-13-15-17-19-21-23-25-27-29-31-43(86)42(77-50(87)32-30-28-26-24-22-20-18-16-14-12-10-8-6-2)39-99-71-61(96)59(94)65(48(37-82)104-71)107-74-63(98)68(66(49(38-83)105-74)108-69-51(75-40(3)84)56(91)53(88)44(33-78)100-69)110-70-52(76-41(4)85)57(92)64(47(36-81)103-70)106-73-62(97)67(55(90)46(35-80)102-73)109-72-60(95)58(93)54(89)45(34-79)101-72/h29,31,42-49,51-74,78-83,86,88-98H,5-28,30,32-39H2,1-4H3,(H,75,84)(H,76,85)(H,77,87)/b31-29+/t42-,43+,44?,45?,46?,47?,48?,49?,51?,52?,53-,54-,55-,56+,57+,58-,59+,60?,61?,62?,63?,64+,65+,66-,67-,68+,69-,70-,71+,72-,73-,74-/m0/s1. The molecule has 0 bridgehead atoms. The number of carbonyl (C=O) groups is 3. The molecule has 12 unspecified atom stereocenters. The zero-order valence-electron chi connectivity index (χ0n) is 64.1. The Labute approximate surface area is 643 Å². The summed E-state index contributed by atoms with van der Waals surface area (Å²) in [6, 6.07) is -4.75. The minimum Gasteiger partial charge on any atom is -0.394 e. The summed E-state index contributed by atoms with van der Waals surface area (Å²) in [7, 11) is 0. The topological polar surface area (TPSA) is 562 Å². The average molecular weight is 1590 g/mol. The van der Waals surface area contributed by atoms with E-state index in [0.717, 1.165) is 65.2 Å². The van der Waals surface area contributed by atoms with Crippen molar-refractivity contribution in [1.29, 1.82) is 0 Å². The molecule has 6 aliphatic heterocycles. The third-order valence-corrected chi connectivity index (χ3v) is 21.2. The van der Waals surface area contributed by atoms with Crippen LogP contribution in [0.5, 0.6) is 0 Å². The largest absolute Gasteiger partial charge is 0.394 e. The molecule has 0 aromatic carbocycles. The van der Waals surface area contributed by atoms with Crippen LogP contribution in [0.15, 0.2) is 12.2 Å². The predicted octanol–water partition coefficient (Wildman–Crippen LogP) is -3.20. The molecule has 6 fully saturated rings. The van der Waals surface area contributed by atoms with Gasteiger partial charge in [0.15, 0.2) is 37.7 Å². The molecular formula is C74H133N3O33. The first-order chi connectivity index (χ1) is 52.8. The van der Waals surface area contributed by atoms with Crippen molar-refractivity contribution in [3.05, 3.63) is 12.2 Å². The fourth-order valence-corrected chi connectivity index (χ4v) is 14.7. The van der Waals surface area contributed by atoms with Crippen molar-refractivity contribution in [3.8, 4) is 0 Å². The number of nitrogens with one attached hydrogen (secondary N) is 3. The van der Waals surface area contributed by atoms with Crippen LogP contribution in [-0.2, 0) is 71.2 Å². The lowest BCUT2D eigenvalue weighted by Crippen LogP contribution is -2.71. The van der Waals surface area contributed by atoms with Crippen molar-refractivity contribution < 1.29 is 163 Å². The summed E-state index contributed by atoms with van der Waals surface area (Å²) in [5, 5.41) is 208. The van der Waals surface area contributed by atoms with Gasteiger partial charge in [-0.25, -0.2) is 0 Å². The van der Waals surface area contributed by atoms with Gasteiger partial charge in [-0.15, -0.1) is 0 Å². The molecule has 6 aliphatic rings. The van der Waals surface area contributed by atoms with Gasteiger partial charge in [0.25, 0.3) is 0 Å². The maximum absolute atomic E-state index is 13.6. The van der Waals surface area contributed by atoms with E-state index in [1.54, 1.807) is 6.08 Å². The van der Waals surface area contributed by atoms with Crippen LogP contribution in [-0.4, -0.2) is 352 Å². The number of aliphatic hydroxyl groups excluding tert-OH is 18. The van der Waals surface area contributed by atoms with Gasteiger partial charge in [-0.05, 0) is 19.3 Å². The lowest BCUT2D eigenvalue weighted by Gasteiger charge is -2.51. The Kier molecular flexibility index (Phi) is 44.0. The maximum Gasteiger partial charge on any atom is 0.220 e. The lowest BCUT2D eigenvalue weighted by molar-refractivity contribution is -0.397. The molecule has 3 amide bonds. The molecule has 0 aromatic heterocycles. The van der Waals surface area contributed by atoms with Gasteiger partial charge in [-0.3, -0.25) is 14.4 Å². The fourth-order valence-electron chi connectivity index (χ4n) is 14.7. The molecule has 6 heterocycles. The first kappa shape index (κ1) is 95.8. The molecular weight excluding hydrogens is 1460 g/mol. The van der Waals surface area contributed by atoms with Gasteiger partial charge in [0, 0.05) is 20.3 Å². The Bertz CT molecular complexity index is 2560. The number of rotatable bonds is 50. The van der Waals surface area contributed by atoms with E-state index in [-0.39, 0.29) is 12.3 Å². The van der Waals surface area contributed by atoms with Crippen molar-refractivity contribution in [2.24, 2.45) is 0 Å². The molecule has 0 radical (unpaired) electrons. The number of allylic oxidation sites excluding steroid dienone is 1. The molecule has 0 spiro atoms. The number of hydrogen-bond acceptors (Lipinski definition) is 33. The van der Waals surface area contributed by atoms with Crippen LogP contribution in [0.2, 0.25) is 0 Å². The molecule has 36 nitrogen and oxygen atoms in total. The van der Waals surface area contributed by atoms with E-state index in [1.807, 2.05) is 6.08 Å². The van der Waals surface area contributed by atoms with E-state index in [1.165, 1.54) is 96.3 Å². The highest BCUT2D eigenvalue weighted by atomic mass is 16.8. The number of hydrogen-bond donors (Lipinski definition) is 21. The number of ether oxygens (including phenoxy) is 12. The Balaban J connectivity index is 1.21. The van der Waals surface area contributed by atoms with Crippen LogP contribution in [0.25, 0.3) is 0 Å². The summed E-state index contributed by atoms with van der Waals surface area (Å²) < 4.78 is 71.9. The number of unbranched alkanes of at least 4 members (excludes halogenated alkanes) is 23. The molecule has 32 atom stereocenters. The van der Waals surface area contributed by atoms with Gasteiger partial charge in [-0.1, -0.05) is 167 Å². The van der Waals surface area contributed by atoms with Crippen LogP contribution < -0.4 is 16.0 Å². The van der Waals surface area contributed by atoms with Crippen LogP contribution in [0.1, 0.15) is 195 Å². The molecule has 36 heteroatoms. The van der Waals surface area contributed by atoms with Gasteiger partial charge in [0.05, 0.1) is 58.4 Å². The van der Waals surface area contributed by atoms with Crippen molar-refractivity contribution in [2.45, 2.75) is 391 Å². The zero-order valence-corrected chi connectivity index (χ0v) is 64.1. The van der Waals surface area contributed by atoms with Gasteiger partial charge < -0.3 is 165 Å². The van der Waals surface area contributed by atoms with E-state index >= 15 is 0 Å². The summed E-state index contributed by atoms with van der Waals surface area (Å²) in [4.78, 5) is 39.4. The van der Waals surface area contributed by atoms with Crippen molar-refractivity contribution in [2.75, 3.05) is 46.2 Å². The second-order valence-electron chi connectivity index (χ2n) is 29.9. The van der Waals surface area contributed by atoms with Gasteiger partial charge in [0.1, 0.15) is 146 Å². The Morgan fingerprint density at radius 1 is 0.355 bits per heavy atom. The molecule has 0 saturated carbocycles. The first-order valence-corrected chi connectivity index (χ1v) is 40.0. The van der Waals surface area contributed by atoms with E-state index < -0.39 is 254 Å². The molecule has 0 aromatic rings. The molecule has 6 saturated heterocycles. The number of carbonyl (C=O) groups excluding carboxylic acids is 3. The summed E-state index contributed by atoms with van der Waals surface area (Å²) >= 11 is 0. The monoisotopic (exact) mass is 1590 g/mol. The highest BCUT2D eigenvalue weighted by molar-refractivity contribution is 5.76. The molecule has 110 heavy (non-hydrogen) atoms. The van der Waals surface area contributed by atoms with Gasteiger partial charge in [0.2, 0.25) is 17.7 Å². The summed E-state index contributed by atoms with van der Waals surface area (Å²) in [6.07, 6.45) is -24.9. The third kappa shape index (κ3) is 28.4. The molecule has 0 aliphatic carbocycles. The zero-order chi connectivity index (χ0) is 80.6. The van der Waals surface area contributed by atoms with E-state index in [2.05, 4.69) is 29.8 Å². The van der Waals surface area contributed by atoms with Crippen LogP contribution in [0.3, 0.4) is 0 Å². The summed E-state index contributed by atoms with van der Waals surface area (Å²) in [5.74, 6) is -2.09. The normalized spacial score (nSPS) is 37.7. The smallest absolute Gasteiger partial charge is 0.220 e. The molecule has 21 N–H and O–H groups in total. The van der Waals surface area contributed by atoms with Crippen LogP contribution >= 0.6 is 0 Å². The highest BCUT2D eigenvalue weighted by Crippen LogP contribution is 2.39. The predicted molar refractivity (Wildman–Crippen MR) is 385 cm³/mol. The van der Waals surface area contributed by atoms with E-state index in [4.69, 9.17) is 56.8 Å². The molecule has 6 rings (SSSR count).